The first-order valence-electron chi connectivity index (χ1n) is 12.9. The van der Waals surface area contributed by atoms with E-state index in [0.717, 1.165) is 36.4 Å². The lowest BCUT2D eigenvalue weighted by Gasteiger charge is -2.29. The molecule has 0 radical (unpaired) electrons. The molecule has 6 rings (SSSR count). The van der Waals surface area contributed by atoms with E-state index in [2.05, 4.69) is 20.3 Å². The SMILES string of the molecule is O=C1CCC(N2Cc3cc(O[C@H]4CCN(Cc5cnn(-c6ccnc(C(F)(F)F)c6)c5)C4)ccc3C2=O)C(=O)N1. The Bertz CT molecular complexity index is 1490. The van der Waals surface area contributed by atoms with Crippen molar-refractivity contribution in [3.63, 3.8) is 0 Å². The zero-order valence-corrected chi connectivity index (χ0v) is 21.2. The molecule has 1 unspecified atom stereocenters. The van der Waals surface area contributed by atoms with Crippen molar-refractivity contribution in [3.8, 4) is 11.4 Å². The third-order valence-electron chi connectivity index (χ3n) is 7.37. The first kappa shape index (κ1) is 26.0. The molecule has 2 aromatic heterocycles. The number of carbonyl (C=O) groups excluding carboxylic acids is 3. The van der Waals surface area contributed by atoms with E-state index in [1.54, 1.807) is 24.5 Å². The zero-order chi connectivity index (χ0) is 28.0. The van der Waals surface area contributed by atoms with Crippen LogP contribution >= 0.6 is 0 Å². The predicted octanol–water partition coefficient (Wildman–Crippen LogP) is 2.70. The summed E-state index contributed by atoms with van der Waals surface area (Å²) in [5.41, 5.74) is 1.47. The highest BCUT2D eigenvalue weighted by Crippen LogP contribution is 2.31. The first-order valence-corrected chi connectivity index (χ1v) is 12.9. The van der Waals surface area contributed by atoms with Gasteiger partial charge in [-0.2, -0.15) is 18.3 Å². The number of fused-ring (bicyclic) bond motifs is 1. The Kier molecular flexibility index (Phi) is 6.53. The van der Waals surface area contributed by atoms with Crippen molar-refractivity contribution in [1.82, 2.24) is 29.9 Å². The number of imide groups is 1. The average molecular weight is 555 g/mol. The van der Waals surface area contributed by atoms with Gasteiger partial charge in [-0.15, -0.1) is 0 Å². The molecule has 3 aliphatic heterocycles. The average Bonchev–Trinajstić information content (AvgIpc) is 3.64. The minimum atomic E-state index is -4.53. The molecule has 0 spiro atoms. The fraction of sp³-hybridized carbons (Fsp3) is 0.370. The number of rotatable bonds is 6. The van der Waals surface area contributed by atoms with Crippen LogP contribution in [0.2, 0.25) is 0 Å². The quantitative estimate of drug-likeness (QED) is 0.467. The van der Waals surface area contributed by atoms with E-state index in [-0.39, 0.29) is 36.6 Å². The lowest BCUT2D eigenvalue weighted by molar-refractivity contribution is -0.141. The van der Waals surface area contributed by atoms with E-state index >= 15 is 0 Å². The molecule has 2 fully saturated rings. The number of ether oxygens (including phenoxy) is 1. The lowest BCUT2D eigenvalue weighted by Crippen LogP contribution is -2.52. The van der Waals surface area contributed by atoms with Crippen molar-refractivity contribution in [1.29, 1.82) is 0 Å². The number of carbonyl (C=O) groups is 3. The van der Waals surface area contributed by atoms with E-state index in [1.165, 1.54) is 15.6 Å². The normalized spacial score (nSPS) is 21.6. The number of hydrogen-bond acceptors (Lipinski definition) is 7. The molecule has 40 heavy (non-hydrogen) atoms. The van der Waals surface area contributed by atoms with E-state index in [9.17, 15) is 27.6 Å². The number of amides is 3. The molecule has 10 nitrogen and oxygen atoms in total. The fourth-order valence-corrected chi connectivity index (χ4v) is 5.41. The first-order chi connectivity index (χ1) is 19.1. The molecule has 3 aliphatic rings. The zero-order valence-electron chi connectivity index (χ0n) is 21.2. The Morgan fingerprint density at radius 2 is 1.95 bits per heavy atom. The van der Waals surface area contributed by atoms with Crippen LogP contribution in [0.3, 0.4) is 0 Å². The maximum Gasteiger partial charge on any atom is 0.433 e. The number of likely N-dealkylation sites (tertiary alicyclic amines) is 1. The van der Waals surface area contributed by atoms with Gasteiger partial charge in [0.25, 0.3) is 5.91 Å². The minimum Gasteiger partial charge on any atom is -0.489 e. The summed E-state index contributed by atoms with van der Waals surface area (Å²) >= 11 is 0. The molecule has 1 aromatic carbocycles. The third kappa shape index (κ3) is 5.16. The molecule has 13 heteroatoms. The van der Waals surface area contributed by atoms with Gasteiger partial charge < -0.3 is 9.64 Å². The number of benzene rings is 1. The number of hydrogen-bond donors (Lipinski definition) is 1. The smallest absolute Gasteiger partial charge is 0.433 e. The van der Waals surface area contributed by atoms with Gasteiger partial charge in [0.2, 0.25) is 11.8 Å². The molecule has 208 valence electrons. The van der Waals surface area contributed by atoms with E-state index in [0.29, 0.717) is 30.8 Å². The van der Waals surface area contributed by atoms with Gasteiger partial charge >= 0.3 is 6.18 Å². The Labute approximate surface area is 226 Å². The number of halogens is 3. The third-order valence-corrected chi connectivity index (χ3v) is 7.37. The second-order valence-electron chi connectivity index (χ2n) is 10.2. The van der Waals surface area contributed by atoms with Gasteiger partial charge in [-0.3, -0.25) is 29.6 Å². The van der Waals surface area contributed by atoms with Crippen LogP contribution in [0.15, 0.2) is 48.9 Å². The van der Waals surface area contributed by atoms with Gasteiger partial charge in [0.1, 0.15) is 23.6 Å². The number of nitrogens with zero attached hydrogens (tertiary/aromatic N) is 5. The largest absolute Gasteiger partial charge is 0.489 e. The molecule has 2 atom stereocenters. The van der Waals surface area contributed by atoms with Crippen molar-refractivity contribution < 1.29 is 32.3 Å². The van der Waals surface area contributed by atoms with Crippen molar-refractivity contribution in [2.45, 2.75) is 50.7 Å². The monoisotopic (exact) mass is 554 g/mol. The second-order valence-corrected chi connectivity index (χ2v) is 10.2. The summed E-state index contributed by atoms with van der Waals surface area (Å²) in [6.07, 6.45) is 1.13. The molecule has 5 heterocycles. The maximum atomic E-state index is 13.0. The maximum absolute atomic E-state index is 13.0. The van der Waals surface area contributed by atoms with Gasteiger partial charge in [0.15, 0.2) is 0 Å². The molecule has 0 bridgehead atoms. The van der Waals surface area contributed by atoms with E-state index in [1.807, 2.05) is 6.07 Å². The number of pyridine rings is 1. The Balaban J connectivity index is 1.05. The summed E-state index contributed by atoms with van der Waals surface area (Å²) in [4.78, 5) is 43.7. The van der Waals surface area contributed by atoms with Crippen molar-refractivity contribution in [3.05, 3.63) is 71.3 Å². The van der Waals surface area contributed by atoms with Crippen molar-refractivity contribution >= 4 is 17.7 Å². The highest BCUT2D eigenvalue weighted by molar-refractivity contribution is 6.05. The van der Waals surface area contributed by atoms with Crippen LogP contribution in [-0.2, 0) is 28.9 Å². The van der Waals surface area contributed by atoms with Crippen molar-refractivity contribution in [2.75, 3.05) is 13.1 Å². The molecular formula is C27H25F3N6O4. The number of piperidine rings is 1. The van der Waals surface area contributed by atoms with E-state index < -0.39 is 23.8 Å². The summed E-state index contributed by atoms with van der Waals surface area (Å²) in [7, 11) is 0. The standard InChI is InChI=1S/C27H25F3N6O4/c28-27(29,30)23-10-18(5-7-31-23)36-13-16(11-32-36)12-34-8-6-20(15-34)40-19-1-2-21-17(9-19)14-35(26(21)39)22-3-4-24(37)33-25(22)38/h1-2,5,7,9-11,13,20,22H,3-4,6,8,12,14-15H2,(H,33,37,38)/t20-,22?/m0/s1. The molecule has 1 N–H and O–H groups in total. The number of nitrogens with one attached hydrogen (secondary N) is 1. The van der Waals surface area contributed by atoms with Crippen molar-refractivity contribution in [2.24, 2.45) is 0 Å². The molecule has 3 aromatic rings. The fourth-order valence-electron chi connectivity index (χ4n) is 5.41. The van der Waals surface area contributed by atoms with Crippen LogP contribution in [0.1, 0.15) is 46.4 Å². The molecule has 2 saturated heterocycles. The molecule has 0 aliphatic carbocycles. The summed E-state index contributed by atoms with van der Waals surface area (Å²) < 4.78 is 46.6. The number of alkyl halides is 3. The molecular weight excluding hydrogens is 529 g/mol. The summed E-state index contributed by atoms with van der Waals surface area (Å²) in [6, 6.07) is 7.06. The summed E-state index contributed by atoms with van der Waals surface area (Å²) in [6.45, 7) is 2.27. The Morgan fingerprint density at radius 3 is 2.75 bits per heavy atom. The second kappa shape index (κ2) is 10.0. The van der Waals surface area contributed by atoms with Crippen LogP contribution in [-0.4, -0.2) is 67.5 Å². The highest BCUT2D eigenvalue weighted by Gasteiger charge is 2.39. The van der Waals surface area contributed by atoms with E-state index in [4.69, 9.17) is 4.74 Å². The summed E-state index contributed by atoms with van der Waals surface area (Å²) in [5.74, 6) is -0.370. The van der Waals surface area contributed by atoms with Crippen LogP contribution in [0.4, 0.5) is 13.2 Å². The molecule has 3 amide bonds. The van der Waals surface area contributed by atoms with Gasteiger partial charge in [-0.25, -0.2) is 4.68 Å². The minimum absolute atomic E-state index is 0.0778. The van der Waals surface area contributed by atoms with Crippen LogP contribution in [0.25, 0.3) is 5.69 Å². The van der Waals surface area contributed by atoms with Gasteiger partial charge in [-0.1, -0.05) is 0 Å². The number of aromatic nitrogens is 3. The Morgan fingerprint density at radius 1 is 1.10 bits per heavy atom. The van der Waals surface area contributed by atoms with Gasteiger partial charge in [-0.05, 0) is 48.7 Å². The van der Waals surface area contributed by atoms with Gasteiger partial charge in [0, 0.05) is 56.1 Å². The summed E-state index contributed by atoms with van der Waals surface area (Å²) in [5, 5.41) is 6.52. The van der Waals surface area contributed by atoms with Crippen LogP contribution < -0.4 is 10.1 Å². The highest BCUT2D eigenvalue weighted by atomic mass is 19.4. The Hall–Kier alpha value is -4.26. The van der Waals surface area contributed by atoms with Crippen LogP contribution in [0.5, 0.6) is 5.75 Å². The lowest BCUT2D eigenvalue weighted by atomic mass is 10.0. The van der Waals surface area contributed by atoms with Gasteiger partial charge in [0.05, 0.1) is 11.9 Å². The molecule has 0 saturated carbocycles. The topological polar surface area (TPSA) is 110 Å². The van der Waals surface area contributed by atoms with Crippen LogP contribution in [0, 0.1) is 0 Å². The predicted molar refractivity (Wildman–Crippen MR) is 133 cm³/mol.